The molecule has 0 amide bonds. The second kappa shape index (κ2) is 13.3. The third-order valence-corrected chi connectivity index (χ3v) is 11.8. The van der Waals surface area contributed by atoms with Crippen LogP contribution in [0.25, 0.3) is 110 Å². The highest BCUT2D eigenvalue weighted by Crippen LogP contribution is 2.46. The van der Waals surface area contributed by atoms with Crippen LogP contribution < -0.4 is 0 Å². The predicted molar refractivity (Wildman–Crippen MR) is 233 cm³/mol. The second-order valence-corrected chi connectivity index (χ2v) is 15.0. The van der Waals surface area contributed by atoms with Gasteiger partial charge in [0.05, 0.1) is 17.1 Å². The molecule has 0 radical (unpaired) electrons. The van der Waals surface area contributed by atoms with E-state index < -0.39 is 0 Å². The zero-order valence-electron chi connectivity index (χ0n) is 30.1. The average molecular weight is 734 g/mol. The van der Waals surface area contributed by atoms with E-state index in [4.69, 9.17) is 14.4 Å². The van der Waals surface area contributed by atoms with Crippen molar-refractivity contribution in [3.05, 3.63) is 188 Å². The van der Waals surface area contributed by atoms with Gasteiger partial charge in [0.25, 0.3) is 0 Å². The summed E-state index contributed by atoms with van der Waals surface area (Å²) in [6, 6.07) is 63.4. The van der Waals surface area contributed by atoms with Gasteiger partial charge in [0.1, 0.15) is 11.2 Å². The van der Waals surface area contributed by atoms with Crippen molar-refractivity contribution < 1.29 is 4.42 Å². The van der Waals surface area contributed by atoms with Crippen LogP contribution in [0.4, 0.5) is 0 Å². The number of aromatic nitrogens is 3. The van der Waals surface area contributed by atoms with Gasteiger partial charge in [-0.1, -0.05) is 146 Å². The van der Waals surface area contributed by atoms with Crippen molar-refractivity contribution in [2.45, 2.75) is 0 Å². The monoisotopic (exact) mass is 733 g/mol. The van der Waals surface area contributed by atoms with Crippen molar-refractivity contribution in [3.63, 3.8) is 0 Å². The van der Waals surface area contributed by atoms with E-state index in [1.165, 1.54) is 25.7 Å². The number of thiophene rings is 1. The molecule has 11 aromatic rings. The number of para-hydroxylation sites is 1. The van der Waals surface area contributed by atoms with Gasteiger partial charge >= 0.3 is 0 Å². The fourth-order valence-corrected chi connectivity index (χ4v) is 9.19. The van der Waals surface area contributed by atoms with E-state index in [9.17, 15) is 0 Å². The molecule has 11 rings (SSSR count). The number of hydrogen-bond acceptors (Lipinski definition) is 5. The first-order valence-corrected chi connectivity index (χ1v) is 19.5. The van der Waals surface area contributed by atoms with Crippen LogP contribution in [0.5, 0.6) is 0 Å². The molecule has 5 heteroatoms. The molecule has 0 saturated heterocycles. The van der Waals surface area contributed by atoms with Crippen LogP contribution in [-0.2, 0) is 0 Å². The van der Waals surface area contributed by atoms with Crippen LogP contribution in [-0.4, -0.2) is 15.0 Å². The third kappa shape index (κ3) is 5.40. The Hall–Kier alpha value is -7.21. The van der Waals surface area contributed by atoms with E-state index in [2.05, 4.69) is 138 Å². The van der Waals surface area contributed by atoms with E-state index in [1.54, 1.807) is 0 Å². The highest BCUT2D eigenvalue weighted by Gasteiger charge is 2.20. The molecule has 0 saturated carbocycles. The van der Waals surface area contributed by atoms with E-state index in [1.807, 2.05) is 66.1 Å². The lowest BCUT2D eigenvalue weighted by Crippen LogP contribution is -1.97. The Morgan fingerprint density at radius 1 is 0.411 bits per heavy atom. The Kier molecular flexibility index (Phi) is 7.64. The molecule has 0 unspecified atom stereocenters. The van der Waals surface area contributed by atoms with Gasteiger partial charge in [0.2, 0.25) is 0 Å². The Balaban J connectivity index is 1.05. The molecular formula is C51H31N3OS. The maximum atomic E-state index is 6.75. The van der Waals surface area contributed by atoms with Gasteiger partial charge in [0.15, 0.2) is 5.82 Å². The first-order valence-electron chi connectivity index (χ1n) is 18.7. The SMILES string of the molecule is c1ccc(-c2cc(-c3ccccc3-c3ccccn3)nc(-c3ccc(-c4ccc(-c5cccc6c5sc5ccccc56)c5oc6ccccc6c45)cc3)n2)cc1. The van der Waals surface area contributed by atoms with Crippen molar-refractivity contribution in [2.24, 2.45) is 0 Å². The van der Waals surface area contributed by atoms with Gasteiger partial charge in [-0.3, -0.25) is 4.98 Å². The molecule has 0 atom stereocenters. The molecule has 0 fully saturated rings. The molecule has 262 valence electrons. The van der Waals surface area contributed by atoms with Crippen LogP contribution in [0.1, 0.15) is 0 Å². The van der Waals surface area contributed by atoms with Crippen molar-refractivity contribution in [3.8, 4) is 67.4 Å². The highest BCUT2D eigenvalue weighted by molar-refractivity contribution is 7.26. The van der Waals surface area contributed by atoms with Gasteiger partial charge in [-0.05, 0) is 47.5 Å². The standard InChI is InChI=1S/C51H31N3OS/c1-2-13-33(14-3-1)44-31-45(37-16-5-4-15-36(37)43-21-10-11-30-52-43)54-51(53-44)34-26-24-32(25-27-34)35-28-29-39(49-48(35)42-18-6-8-22-46(42)55-49)41-20-12-19-40-38-17-7-9-23-47(38)56-50(40)41/h1-31H. The molecule has 4 nitrogen and oxygen atoms in total. The van der Waals surface area contributed by atoms with Crippen LogP contribution in [0.15, 0.2) is 193 Å². The topological polar surface area (TPSA) is 51.8 Å². The van der Waals surface area contributed by atoms with Crippen molar-refractivity contribution in [1.82, 2.24) is 15.0 Å². The summed E-state index contributed by atoms with van der Waals surface area (Å²) >= 11 is 1.84. The summed E-state index contributed by atoms with van der Waals surface area (Å²) in [5.41, 5.74) is 12.9. The van der Waals surface area contributed by atoms with E-state index in [-0.39, 0.29) is 0 Å². The molecule has 4 aromatic heterocycles. The van der Waals surface area contributed by atoms with Crippen molar-refractivity contribution in [2.75, 3.05) is 0 Å². The average Bonchev–Trinajstić information content (AvgIpc) is 3.86. The number of hydrogen-bond donors (Lipinski definition) is 0. The summed E-state index contributed by atoms with van der Waals surface area (Å²) in [7, 11) is 0. The molecule has 4 heterocycles. The molecule has 0 spiro atoms. The maximum Gasteiger partial charge on any atom is 0.160 e. The minimum absolute atomic E-state index is 0.661. The summed E-state index contributed by atoms with van der Waals surface area (Å²) in [5.74, 6) is 0.661. The molecule has 0 bridgehead atoms. The largest absolute Gasteiger partial charge is 0.455 e. The van der Waals surface area contributed by atoms with Crippen LogP contribution in [0.2, 0.25) is 0 Å². The lowest BCUT2D eigenvalue weighted by atomic mass is 9.93. The number of benzene rings is 7. The Morgan fingerprint density at radius 2 is 1.07 bits per heavy atom. The number of pyridine rings is 1. The van der Waals surface area contributed by atoms with Crippen LogP contribution >= 0.6 is 11.3 Å². The number of fused-ring (bicyclic) bond motifs is 6. The fraction of sp³-hybridized carbons (Fsp3) is 0. The van der Waals surface area contributed by atoms with Gasteiger partial charge in [0, 0.05) is 70.5 Å². The second-order valence-electron chi connectivity index (χ2n) is 13.9. The molecule has 0 aliphatic rings. The van der Waals surface area contributed by atoms with Crippen molar-refractivity contribution >= 4 is 53.4 Å². The first-order chi connectivity index (χ1) is 27.8. The first kappa shape index (κ1) is 32.2. The third-order valence-electron chi connectivity index (χ3n) is 10.6. The Bertz CT molecular complexity index is 3240. The van der Waals surface area contributed by atoms with Gasteiger partial charge < -0.3 is 4.42 Å². The van der Waals surface area contributed by atoms with Gasteiger partial charge in [-0.2, -0.15) is 0 Å². The Morgan fingerprint density at radius 3 is 1.91 bits per heavy atom. The molecule has 7 aromatic carbocycles. The summed E-state index contributed by atoms with van der Waals surface area (Å²) in [4.78, 5) is 15.0. The molecule has 0 aliphatic heterocycles. The summed E-state index contributed by atoms with van der Waals surface area (Å²) < 4.78 is 9.31. The minimum Gasteiger partial charge on any atom is -0.455 e. The molecular weight excluding hydrogens is 703 g/mol. The van der Waals surface area contributed by atoms with Crippen LogP contribution in [0.3, 0.4) is 0 Å². The van der Waals surface area contributed by atoms with Gasteiger partial charge in [-0.15, -0.1) is 11.3 Å². The number of furan rings is 1. The summed E-state index contributed by atoms with van der Waals surface area (Å²) in [6.45, 7) is 0. The molecule has 0 aliphatic carbocycles. The lowest BCUT2D eigenvalue weighted by molar-refractivity contribution is 0.670. The fourth-order valence-electron chi connectivity index (χ4n) is 7.96. The van der Waals surface area contributed by atoms with E-state index >= 15 is 0 Å². The summed E-state index contributed by atoms with van der Waals surface area (Å²) in [6.07, 6.45) is 1.83. The van der Waals surface area contributed by atoms with Crippen LogP contribution in [0, 0.1) is 0 Å². The summed E-state index contributed by atoms with van der Waals surface area (Å²) in [5, 5.41) is 4.77. The smallest absolute Gasteiger partial charge is 0.160 e. The normalized spacial score (nSPS) is 11.6. The predicted octanol–water partition coefficient (Wildman–Crippen LogP) is 14.1. The minimum atomic E-state index is 0.661. The van der Waals surface area contributed by atoms with E-state index in [0.29, 0.717) is 5.82 Å². The maximum absolute atomic E-state index is 6.75. The zero-order valence-corrected chi connectivity index (χ0v) is 30.9. The zero-order chi connectivity index (χ0) is 37.0. The number of nitrogens with zero attached hydrogens (tertiary/aromatic N) is 3. The highest BCUT2D eigenvalue weighted by atomic mass is 32.1. The van der Waals surface area contributed by atoms with Crippen molar-refractivity contribution in [1.29, 1.82) is 0 Å². The molecule has 56 heavy (non-hydrogen) atoms. The lowest BCUT2D eigenvalue weighted by Gasteiger charge is -2.13. The quantitative estimate of drug-likeness (QED) is 0.171. The number of rotatable bonds is 6. The van der Waals surface area contributed by atoms with Gasteiger partial charge in [-0.25, -0.2) is 9.97 Å². The van der Waals surface area contributed by atoms with E-state index in [0.717, 1.165) is 78.0 Å². The molecule has 0 N–H and O–H groups in total. The Labute approximate surface area is 327 Å².